The van der Waals surface area contributed by atoms with Gasteiger partial charge in [0.1, 0.15) is 18.6 Å². The first-order valence-corrected chi connectivity index (χ1v) is 13.7. The van der Waals surface area contributed by atoms with Crippen molar-refractivity contribution in [2.75, 3.05) is 24.6 Å². The molecule has 1 aromatic heterocycles. The summed E-state index contributed by atoms with van der Waals surface area (Å²) in [7, 11) is 0. The van der Waals surface area contributed by atoms with Gasteiger partial charge >= 0.3 is 17.3 Å². The van der Waals surface area contributed by atoms with Gasteiger partial charge in [0, 0.05) is 25.3 Å². The van der Waals surface area contributed by atoms with Crippen molar-refractivity contribution in [1.82, 2.24) is 9.55 Å². The quantitative estimate of drug-likeness (QED) is 0.193. The summed E-state index contributed by atoms with van der Waals surface area (Å²) in [5, 5.41) is 21.0. The summed E-state index contributed by atoms with van der Waals surface area (Å²) in [4.78, 5) is 16.2. The number of hydrogen-bond acceptors (Lipinski definition) is 6. The van der Waals surface area contributed by atoms with Gasteiger partial charge in [0.05, 0.1) is 11.7 Å². The molecule has 2 aromatic carbocycles. The van der Waals surface area contributed by atoms with Gasteiger partial charge in [-0.05, 0) is 108 Å². The summed E-state index contributed by atoms with van der Waals surface area (Å²) in [6.07, 6.45) is 1.41. The van der Waals surface area contributed by atoms with Crippen LogP contribution in [0.3, 0.4) is 0 Å². The lowest BCUT2D eigenvalue weighted by atomic mass is 9.90. The number of alkyl halides is 3. The van der Waals surface area contributed by atoms with E-state index in [9.17, 15) is 28.4 Å². The number of nitrogens with zero attached hydrogens (tertiary/aromatic N) is 4. The van der Waals surface area contributed by atoms with Crippen LogP contribution in [0.4, 0.5) is 24.7 Å². The molecule has 8 nitrogen and oxygen atoms in total. The molecule has 0 unspecified atom stereocenters. The largest absolute Gasteiger partial charge is 0.491 e. The maximum Gasteiger partial charge on any atom is 0.416 e. The molecule has 1 aliphatic heterocycles. The number of imidazole rings is 1. The molecule has 1 aliphatic rings. The molecule has 40 heavy (non-hydrogen) atoms. The number of piperidine rings is 1. The molecule has 3 aromatic rings. The fourth-order valence-electron chi connectivity index (χ4n) is 4.88. The standard InChI is InChI=1S/C28H32ClF3N4O4/c29-27-33-26(36(38)39)18-35(27)17-14-24(37)19-40-25-10-8-23(9-11-25)34-15-12-21(13-16-34)3-1-2-20-4-6-22(7-5-20)28(30,31)32/h4-11,18,21,24,37H,1-3,12-17,19H2/t24-/m1/s1. The Morgan fingerprint density at radius 1 is 1.12 bits per heavy atom. The van der Waals surface area contributed by atoms with Crippen molar-refractivity contribution in [3.63, 3.8) is 0 Å². The van der Waals surface area contributed by atoms with Gasteiger partial charge in [-0.3, -0.25) is 4.57 Å². The van der Waals surface area contributed by atoms with Crippen molar-refractivity contribution < 1.29 is 27.9 Å². The first-order chi connectivity index (χ1) is 19.1. The molecule has 0 radical (unpaired) electrons. The second-order valence-electron chi connectivity index (χ2n) is 10.1. The monoisotopic (exact) mass is 580 g/mol. The molecule has 2 heterocycles. The Morgan fingerprint density at radius 3 is 2.40 bits per heavy atom. The van der Waals surface area contributed by atoms with Gasteiger partial charge in [-0.1, -0.05) is 12.1 Å². The average molecular weight is 581 g/mol. The van der Waals surface area contributed by atoms with Gasteiger partial charge in [0.2, 0.25) is 0 Å². The lowest BCUT2D eigenvalue weighted by Crippen LogP contribution is -2.33. The molecule has 0 bridgehead atoms. The number of aryl methyl sites for hydroxylation is 2. The SMILES string of the molecule is O=[N+]([O-])c1cn(CC[C@@H](O)COc2ccc(N3CCC(CCCc4ccc(C(F)(F)F)cc4)CC3)cc2)c(Cl)n1. The maximum atomic E-state index is 12.7. The number of aliphatic hydroxyl groups excluding tert-OH is 1. The Hall–Kier alpha value is -3.31. The van der Waals surface area contributed by atoms with Crippen LogP contribution in [0, 0.1) is 16.0 Å². The van der Waals surface area contributed by atoms with Crippen LogP contribution in [0.5, 0.6) is 5.75 Å². The zero-order valence-corrected chi connectivity index (χ0v) is 22.7. The molecule has 1 fully saturated rings. The maximum absolute atomic E-state index is 12.7. The summed E-state index contributed by atoms with van der Waals surface area (Å²) in [5.74, 6) is 0.909. The van der Waals surface area contributed by atoms with Crippen LogP contribution in [0.2, 0.25) is 5.28 Å². The average Bonchev–Trinajstić information content (AvgIpc) is 3.32. The molecular formula is C28H32ClF3N4O4. The number of aromatic nitrogens is 2. The predicted octanol–water partition coefficient (Wildman–Crippen LogP) is 6.53. The summed E-state index contributed by atoms with van der Waals surface area (Å²) in [5.41, 5.74) is 1.44. The Balaban J connectivity index is 1.14. The van der Waals surface area contributed by atoms with Gasteiger partial charge in [-0.25, -0.2) is 0 Å². The van der Waals surface area contributed by atoms with E-state index in [4.69, 9.17) is 16.3 Å². The smallest absolute Gasteiger partial charge is 0.416 e. The van der Waals surface area contributed by atoms with Crippen LogP contribution in [-0.2, 0) is 19.1 Å². The minimum absolute atomic E-state index is 0.00223. The molecule has 0 saturated carbocycles. The van der Waals surface area contributed by atoms with Crippen molar-refractivity contribution in [2.24, 2.45) is 5.92 Å². The second-order valence-corrected chi connectivity index (χ2v) is 10.4. The Labute approximate surface area is 235 Å². The van der Waals surface area contributed by atoms with E-state index in [1.54, 1.807) is 12.1 Å². The normalized spacial score (nSPS) is 15.3. The third-order valence-corrected chi connectivity index (χ3v) is 7.52. The highest BCUT2D eigenvalue weighted by atomic mass is 35.5. The Morgan fingerprint density at radius 2 is 1.80 bits per heavy atom. The van der Waals surface area contributed by atoms with Gasteiger partial charge in [0.15, 0.2) is 0 Å². The van der Waals surface area contributed by atoms with Crippen LogP contribution < -0.4 is 9.64 Å². The Bertz CT molecular complexity index is 1240. The molecule has 12 heteroatoms. The van der Waals surface area contributed by atoms with E-state index in [2.05, 4.69) is 9.88 Å². The molecule has 1 saturated heterocycles. The van der Waals surface area contributed by atoms with E-state index in [0.717, 1.165) is 68.6 Å². The molecule has 1 atom stereocenters. The van der Waals surface area contributed by atoms with Crippen molar-refractivity contribution in [1.29, 1.82) is 0 Å². The molecule has 0 spiro atoms. The van der Waals surface area contributed by atoms with E-state index in [1.807, 2.05) is 24.3 Å². The van der Waals surface area contributed by atoms with Gasteiger partial charge in [-0.2, -0.15) is 13.2 Å². The van der Waals surface area contributed by atoms with E-state index in [-0.39, 0.29) is 24.3 Å². The van der Waals surface area contributed by atoms with Crippen LogP contribution >= 0.6 is 11.6 Å². The zero-order chi connectivity index (χ0) is 28.7. The van der Waals surface area contributed by atoms with Gasteiger partial charge in [0.25, 0.3) is 0 Å². The van der Waals surface area contributed by atoms with Crippen molar-refractivity contribution >= 4 is 23.1 Å². The summed E-state index contributed by atoms with van der Waals surface area (Å²) in [6, 6.07) is 13.2. The number of rotatable bonds is 12. The molecule has 0 amide bonds. The van der Waals surface area contributed by atoms with Crippen molar-refractivity contribution in [3.05, 3.63) is 81.3 Å². The van der Waals surface area contributed by atoms with Crippen molar-refractivity contribution in [2.45, 2.75) is 57.3 Å². The number of anilines is 1. The minimum Gasteiger partial charge on any atom is -0.491 e. The third-order valence-electron chi connectivity index (χ3n) is 7.22. The van der Waals surface area contributed by atoms with E-state index in [1.165, 1.54) is 10.8 Å². The first kappa shape index (κ1) is 29.7. The van der Waals surface area contributed by atoms with Gasteiger partial charge in [-0.15, -0.1) is 0 Å². The van der Waals surface area contributed by atoms with Crippen molar-refractivity contribution in [3.8, 4) is 5.75 Å². The highest BCUT2D eigenvalue weighted by Crippen LogP contribution is 2.30. The second kappa shape index (κ2) is 13.4. The third kappa shape index (κ3) is 8.34. The number of benzene rings is 2. The molecule has 4 rings (SSSR count). The van der Waals surface area contributed by atoms with E-state index in [0.29, 0.717) is 18.1 Å². The topological polar surface area (TPSA) is 93.7 Å². The van der Waals surface area contributed by atoms with Gasteiger partial charge < -0.3 is 24.9 Å². The van der Waals surface area contributed by atoms with Crippen LogP contribution in [0.25, 0.3) is 0 Å². The summed E-state index contributed by atoms with van der Waals surface area (Å²) >= 11 is 5.90. The highest BCUT2D eigenvalue weighted by Gasteiger charge is 2.30. The molecular weight excluding hydrogens is 549 g/mol. The fourth-order valence-corrected chi connectivity index (χ4v) is 5.10. The minimum atomic E-state index is -4.30. The molecule has 0 aliphatic carbocycles. The zero-order valence-electron chi connectivity index (χ0n) is 21.9. The number of ether oxygens (including phenoxy) is 1. The number of nitro groups is 1. The molecule has 216 valence electrons. The van der Waals surface area contributed by atoms with Crippen LogP contribution in [0.1, 0.15) is 43.2 Å². The number of aliphatic hydroxyl groups is 1. The highest BCUT2D eigenvalue weighted by molar-refractivity contribution is 6.28. The van der Waals surface area contributed by atoms with Crippen LogP contribution in [-0.4, -0.2) is 45.4 Å². The predicted molar refractivity (Wildman–Crippen MR) is 146 cm³/mol. The lowest BCUT2D eigenvalue weighted by molar-refractivity contribution is -0.389. The van der Waals surface area contributed by atoms with E-state index < -0.39 is 22.8 Å². The van der Waals surface area contributed by atoms with E-state index >= 15 is 0 Å². The number of halogens is 4. The Kier molecular flexibility index (Phi) is 9.91. The summed E-state index contributed by atoms with van der Waals surface area (Å²) in [6.45, 7) is 2.23. The molecule has 1 N–H and O–H groups in total. The lowest BCUT2D eigenvalue weighted by Gasteiger charge is -2.33. The fraction of sp³-hybridized carbons (Fsp3) is 0.464. The van der Waals surface area contributed by atoms with Crippen LogP contribution in [0.15, 0.2) is 54.7 Å². The summed E-state index contributed by atoms with van der Waals surface area (Å²) < 4.78 is 45.3. The number of hydrogen-bond donors (Lipinski definition) is 1. The first-order valence-electron chi connectivity index (χ1n) is 13.3.